The number of carbonyl (C=O) groups is 3. The van der Waals surface area contributed by atoms with E-state index in [1.54, 1.807) is 18.2 Å². The van der Waals surface area contributed by atoms with Crippen LogP contribution in [0.4, 0.5) is 33.5 Å². The molecular weight excluding hydrogens is 683 g/mol. The third-order valence-corrected chi connectivity index (χ3v) is 8.80. The molecular formula is C35H42Cl2N8O5. The number of likely N-dealkylation sites (N-methyl/N-ethyl adjacent to an activating group) is 1. The second-order valence-electron chi connectivity index (χ2n) is 11.8. The molecule has 13 nitrogen and oxygen atoms in total. The fourth-order valence-electron chi connectivity index (χ4n) is 5.33. The minimum absolute atomic E-state index is 0.0322. The molecule has 3 N–H and O–H groups in total. The molecule has 0 bridgehead atoms. The van der Waals surface area contributed by atoms with Crippen molar-refractivity contribution in [2.45, 2.75) is 19.8 Å². The van der Waals surface area contributed by atoms with Gasteiger partial charge in [-0.1, -0.05) is 48.0 Å². The predicted molar refractivity (Wildman–Crippen MR) is 198 cm³/mol. The van der Waals surface area contributed by atoms with Crippen LogP contribution in [0.5, 0.6) is 11.5 Å². The van der Waals surface area contributed by atoms with Gasteiger partial charge in [-0.25, -0.2) is 14.8 Å². The first-order valence-electron chi connectivity index (χ1n) is 15.9. The lowest BCUT2D eigenvalue weighted by atomic mass is 9.96. The van der Waals surface area contributed by atoms with Crippen molar-refractivity contribution >= 4 is 69.7 Å². The molecule has 266 valence electrons. The maximum absolute atomic E-state index is 14.2. The molecule has 0 radical (unpaired) electrons. The standard InChI is InChI=1S/C35H42Cl2N8O5/c1-7-29(46)40-24-11-8-10-22(2)33(24)41-27-19-28(39-21-38-27)45(20-23-13-16-44(17-14-23)30(47)12-9-15-43(3)4)35(48)42-34-31(36)25(49-5)18-26(50-6)32(34)37/h7-12,18-19,21,23H,1,13-17,20H2,2-6H3,(H,40,46)(H,42,48)(H,38,39,41)/b12-9+. The molecule has 0 unspecified atom stereocenters. The number of urea groups is 1. The van der Waals surface area contributed by atoms with Gasteiger partial charge in [-0.2, -0.15) is 0 Å². The van der Waals surface area contributed by atoms with Crippen LogP contribution in [0.2, 0.25) is 10.0 Å². The van der Waals surface area contributed by atoms with E-state index in [0.29, 0.717) is 49.7 Å². The highest BCUT2D eigenvalue weighted by Crippen LogP contribution is 2.44. The average molecular weight is 726 g/mol. The van der Waals surface area contributed by atoms with Gasteiger partial charge in [0.2, 0.25) is 11.8 Å². The normalized spacial score (nSPS) is 13.2. The van der Waals surface area contributed by atoms with Gasteiger partial charge in [0.15, 0.2) is 0 Å². The Morgan fingerprint density at radius 1 is 1.02 bits per heavy atom. The van der Waals surface area contributed by atoms with Gasteiger partial charge < -0.3 is 35.2 Å². The second-order valence-corrected chi connectivity index (χ2v) is 12.6. The van der Waals surface area contributed by atoms with E-state index >= 15 is 0 Å². The van der Waals surface area contributed by atoms with Crippen LogP contribution >= 0.6 is 23.2 Å². The van der Waals surface area contributed by atoms with Gasteiger partial charge in [-0.05, 0) is 57.5 Å². The number of benzene rings is 2. The van der Waals surface area contributed by atoms with Crippen LogP contribution in [0.25, 0.3) is 0 Å². The number of ether oxygens (including phenoxy) is 2. The van der Waals surface area contributed by atoms with Crippen LogP contribution in [0.15, 0.2) is 61.5 Å². The molecule has 0 atom stereocenters. The monoisotopic (exact) mass is 724 g/mol. The first-order chi connectivity index (χ1) is 23.9. The van der Waals surface area contributed by atoms with Gasteiger partial charge in [0.05, 0.1) is 31.3 Å². The Morgan fingerprint density at radius 3 is 2.32 bits per heavy atom. The summed E-state index contributed by atoms with van der Waals surface area (Å²) in [7, 11) is 6.77. The van der Waals surface area contributed by atoms with Gasteiger partial charge in [-0.3, -0.25) is 14.5 Å². The molecule has 4 rings (SSSR count). The van der Waals surface area contributed by atoms with E-state index in [0.717, 1.165) is 5.56 Å². The minimum atomic E-state index is -0.561. The van der Waals surface area contributed by atoms with E-state index < -0.39 is 6.03 Å². The van der Waals surface area contributed by atoms with Crippen molar-refractivity contribution in [2.24, 2.45) is 5.92 Å². The topological polar surface area (TPSA) is 141 Å². The molecule has 3 aromatic rings. The summed E-state index contributed by atoms with van der Waals surface area (Å²) < 4.78 is 10.8. The number of para-hydroxylation sites is 1. The van der Waals surface area contributed by atoms with E-state index in [4.69, 9.17) is 32.7 Å². The Hall–Kier alpha value is -4.85. The SMILES string of the molecule is C=CC(=O)Nc1cccc(C)c1Nc1cc(N(CC2CCN(C(=O)/C=C/CN(C)C)CC2)C(=O)Nc2c(Cl)c(OC)cc(OC)c2Cl)ncn1. The Labute approximate surface area is 302 Å². The van der Waals surface area contributed by atoms with Crippen molar-refractivity contribution in [2.75, 3.05) is 75.3 Å². The number of aryl methyl sites for hydroxylation is 1. The molecule has 0 aliphatic carbocycles. The number of amides is 4. The fourth-order valence-corrected chi connectivity index (χ4v) is 5.92. The largest absolute Gasteiger partial charge is 0.495 e. The third-order valence-electron chi connectivity index (χ3n) is 8.05. The van der Waals surface area contributed by atoms with Crippen molar-refractivity contribution in [3.05, 3.63) is 77.1 Å². The molecule has 4 amide bonds. The van der Waals surface area contributed by atoms with Crippen molar-refractivity contribution in [1.82, 2.24) is 19.8 Å². The third kappa shape index (κ3) is 9.65. The lowest BCUT2D eigenvalue weighted by Gasteiger charge is -2.34. The van der Waals surface area contributed by atoms with E-state index in [1.165, 1.54) is 37.6 Å². The number of carbonyl (C=O) groups excluding carboxylic acids is 3. The maximum Gasteiger partial charge on any atom is 0.327 e. The summed E-state index contributed by atoms with van der Waals surface area (Å²) in [5, 5.41) is 9.09. The van der Waals surface area contributed by atoms with E-state index in [-0.39, 0.29) is 57.3 Å². The summed E-state index contributed by atoms with van der Waals surface area (Å²) >= 11 is 13.2. The molecule has 1 saturated heterocycles. The molecule has 1 aliphatic heterocycles. The molecule has 1 fully saturated rings. The number of methoxy groups -OCH3 is 2. The van der Waals surface area contributed by atoms with Crippen LogP contribution in [-0.2, 0) is 9.59 Å². The quantitative estimate of drug-likeness (QED) is 0.172. The average Bonchev–Trinajstić information content (AvgIpc) is 3.10. The summed E-state index contributed by atoms with van der Waals surface area (Å²) in [4.78, 5) is 53.2. The number of nitrogens with zero attached hydrogens (tertiary/aromatic N) is 5. The van der Waals surface area contributed by atoms with Crippen molar-refractivity contribution in [3.8, 4) is 11.5 Å². The predicted octanol–water partition coefficient (Wildman–Crippen LogP) is 6.37. The fraction of sp³-hybridized carbons (Fsp3) is 0.343. The van der Waals surface area contributed by atoms with Crippen LogP contribution < -0.4 is 30.3 Å². The first kappa shape index (κ1) is 38.0. The Bertz CT molecular complexity index is 1720. The van der Waals surface area contributed by atoms with Crippen molar-refractivity contribution < 1.29 is 23.9 Å². The molecule has 0 spiro atoms. The first-order valence-corrected chi connectivity index (χ1v) is 16.6. The number of hydrogen-bond acceptors (Lipinski definition) is 9. The lowest BCUT2D eigenvalue weighted by Crippen LogP contribution is -2.44. The number of piperidine rings is 1. The molecule has 50 heavy (non-hydrogen) atoms. The second kappa shape index (κ2) is 17.7. The summed E-state index contributed by atoms with van der Waals surface area (Å²) in [6.45, 7) is 7.43. The van der Waals surface area contributed by atoms with Crippen LogP contribution in [0.1, 0.15) is 18.4 Å². The van der Waals surface area contributed by atoms with E-state index in [9.17, 15) is 14.4 Å². The van der Waals surface area contributed by atoms with Crippen molar-refractivity contribution in [1.29, 1.82) is 0 Å². The molecule has 1 aliphatic rings. The van der Waals surface area contributed by atoms with Gasteiger partial charge in [0.1, 0.15) is 39.5 Å². The minimum Gasteiger partial charge on any atom is -0.495 e. The van der Waals surface area contributed by atoms with Gasteiger partial charge >= 0.3 is 6.03 Å². The zero-order valence-corrected chi connectivity index (χ0v) is 30.3. The number of aromatic nitrogens is 2. The number of likely N-dealkylation sites (tertiary alicyclic amines) is 1. The van der Waals surface area contributed by atoms with Crippen LogP contribution in [0, 0.1) is 12.8 Å². The Balaban J connectivity index is 1.64. The number of hydrogen-bond donors (Lipinski definition) is 3. The zero-order chi connectivity index (χ0) is 36.4. The summed E-state index contributed by atoms with van der Waals surface area (Å²) in [5.74, 6) is 0.814. The Morgan fingerprint density at radius 2 is 1.70 bits per heavy atom. The summed E-state index contributed by atoms with van der Waals surface area (Å²) in [6, 6.07) is 8.06. The number of halogens is 2. The van der Waals surface area contributed by atoms with Gasteiger partial charge in [0, 0.05) is 44.4 Å². The van der Waals surface area contributed by atoms with E-state index in [1.807, 2.05) is 49.0 Å². The number of rotatable bonds is 13. The van der Waals surface area contributed by atoms with Crippen LogP contribution in [-0.4, -0.2) is 92.1 Å². The summed E-state index contributed by atoms with van der Waals surface area (Å²) in [6.07, 6.45) is 7.30. The maximum atomic E-state index is 14.2. The smallest absolute Gasteiger partial charge is 0.327 e. The highest BCUT2D eigenvalue weighted by atomic mass is 35.5. The molecule has 2 aromatic carbocycles. The van der Waals surface area contributed by atoms with E-state index in [2.05, 4.69) is 32.5 Å². The molecule has 0 saturated carbocycles. The van der Waals surface area contributed by atoms with Gasteiger partial charge in [-0.15, -0.1) is 0 Å². The highest BCUT2D eigenvalue weighted by Gasteiger charge is 2.29. The molecule has 15 heteroatoms. The van der Waals surface area contributed by atoms with Crippen LogP contribution in [0.3, 0.4) is 0 Å². The lowest BCUT2D eigenvalue weighted by molar-refractivity contribution is -0.127. The van der Waals surface area contributed by atoms with Crippen molar-refractivity contribution in [3.63, 3.8) is 0 Å². The molecule has 1 aromatic heterocycles. The summed E-state index contributed by atoms with van der Waals surface area (Å²) in [5.41, 5.74) is 2.09. The zero-order valence-electron chi connectivity index (χ0n) is 28.8. The van der Waals surface area contributed by atoms with Gasteiger partial charge in [0.25, 0.3) is 0 Å². The molecule has 2 heterocycles. The Kier molecular flexibility index (Phi) is 13.4. The highest BCUT2D eigenvalue weighted by molar-refractivity contribution is 6.41. The number of anilines is 5. The number of nitrogens with one attached hydrogen (secondary N) is 3.